The Bertz CT molecular complexity index is 787. The van der Waals surface area contributed by atoms with Crippen LogP contribution in [0.1, 0.15) is 29.1 Å². The molecule has 1 saturated heterocycles. The molecule has 1 aliphatic rings. The molecule has 6 nitrogen and oxygen atoms in total. The van der Waals surface area contributed by atoms with Crippen molar-refractivity contribution in [1.29, 1.82) is 0 Å². The first kappa shape index (κ1) is 16.4. The first-order chi connectivity index (χ1) is 12.3. The molecule has 4 heterocycles. The van der Waals surface area contributed by atoms with Crippen LogP contribution in [0.3, 0.4) is 0 Å². The predicted molar refractivity (Wildman–Crippen MR) is 98.2 cm³/mol. The van der Waals surface area contributed by atoms with E-state index in [1.54, 1.807) is 11.3 Å². The number of piperidine rings is 1. The van der Waals surface area contributed by atoms with Crippen LogP contribution in [0.2, 0.25) is 0 Å². The summed E-state index contributed by atoms with van der Waals surface area (Å²) in [7, 11) is 0. The largest absolute Gasteiger partial charge is 0.341 e. The summed E-state index contributed by atoms with van der Waals surface area (Å²) >= 11 is 1.74. The number of aryl methyl sites for hydroxylation is 1. The lowest BCUT2D eigenvalue weighted by atomic mass is 9.92. The highest BCUT2D eigenvalue weighted by Crippen LogP contribution is 2.23. The van der Waals surface area contributed by atoms with E-state index >= 15 is 0 Å². The Hall–Kier alpha value is -2.12. The monoisotopic (exact) mass is 354 g/mol. The van der Waals surface area contributed by atoms with E-state index in [4.69, 9.17) is 0 Å². The molecule has 0 saturated carbocycles. The Kier molecular flexibility index (Phi) is 4.85. The van der Waals surface area contributed by atoms with Crippen LogP contribution in [-0.4, -0.2) is 42.9 Å². The maximum absolute atomic E-state index is 4.60. The SMILES string of the molecule is Cc1cnc(-c2cnc(CC3CCN(Cc4cncs4)CC3)cn2)[nH]1. The molecule has 0 atom stereocenters. The molecule has 3 aromatic rings. The average molecular weight is 354 g/mol. The minimum Gasteiger partial charge on any atom is -0.341 e. The van der Waals surface area contributed by atoms with E-state index in [-0.39, 0.29) is 0 Å². The molecule has 0 radical (unpaired) electrons. The maximum atomic E-state index is 4.60. The Morgan fingerprint density at radius 3 is 2.64 bits per heavy atom. The van der Waals surface area contributed by atoms with Gasteiger partial charge in [0.15, 0.2) is 5.82 Å². The van der Waals surface area contributed by atoms with Gasteiger partial charge in [-0.15, -0.1) is 11.3 Å². The Balaban J connectivity index is 1.29. The summed E-state index contributed by atoms with van der Waals surface area (Å²) in [5.41, 5.74) is 4.82. The number of thiazole rings is 1. The van der Waals surface area contributed by atoms with Gasteiger partial charge in [0.1, 0.15) is 5.69 Å². The van der Waals surface area contributed by atoms with Gasteiger partial charge in [-0.25, -0.2) is 9.97 Å². The Morgan fingerprint density at radius 2 is 2.00 bits per heavy atom. The molecular weight excluding hydrogens is 332 g/mol. The van der Waals surface area contributed by atoms with Crippen LogP contribution in [-0.2, 0) is 13.0 Å². The summed E-state index contributed by atoms with van der Waals surface area (Å²) in [4.78, 5) is 24.7. The highest BCUT2D eigenvalue weighted by atomic mass is 32.1. The van der Waals surface area contributed by atoms with Crippen molar-refractivity contribution in [3.8, 4) is 11.5 Å². The van der Waals surface area contributed by atoms with Crippen LogP contribution >= 0.6 is 11.3 Å². The van der Waals surface area contributed by atoms with Crippen molar-refractivity contribution in [2.45, 2.75) is 32.7 Å². The number of nitrogens with zero attached hydrogens (tertiary/aromatic N) is 5. The fourth-order valence-corrected chi connectivity index (χ4v) is 3.95. The molecule has 0 spiro atoms. The number of rotatable bonds is 5. The van der Waals surface area contributed by atoms with Crippen LogP contribution in [0.15, 0.2) is 30.3 Å². The average Bonchev–Trinajstić information content (AvgIpc) is 3.29. The normalized spacial score (nSPS) is 16.4. The van der Waals surface area contributed by atoms with Gasteiger partial charge in [-0.1, -0.05) is 0 Å². The second kappa shape index (κ2) is 7.41. The van der Waals surface area contributed by atoms with Crippen LogP contribution in [0.4, 0.5) is 0 Å². The number of hydrogen-bond donors (Lipinski definition) is 1. The molecule has 1 aliphatic heterocycles. The van der Waals surface area contributed by atoms with E-state index in [9.17, 15) is 0 Å². The topological polar surface area (TPSA) is 70.6 Å². The maximum Gasteiger partial charge on any atom is 0.157 e. The van der Waals surface area contributed by atoms with Gasteiger partial charge < -0.3 is 4.98 Å². The lowest BCUT2D eigenvalue weighted by molar-refractivity contribution is 0.177. The highest BCUT2D eigenvalue weighted by molar-refractivity contribution is 7.09. The van der Waals surface area contributed by atoms with Crippen LogP contribution in [0, 0.1) is 12.8 Å². The van der Waals surface area contributed by atoms with Crippen molar-refractivity contribution in [2.75, 3.05) is 13.1 Å². The van der Waals surface area contributed by atoms with Crippen LogP contribution in [0.25, 0.3) is 11.5 Å². The second-order valence-corrected chi connectivity index (χ2v) is 7.67. The molecule has 7 heteroatoms. The smallest absolute Gasteiger partial charge is 0.157 e. The van der Waals surface area contributed by atoms with Crippen molar-refractivity contribution in [2.24, 2.45) is 5.92 Å². The summed E-state index contributed by atoms with van der Waals surface area (Å²) in [5, 5.41) is 0. The zero-order valence-electron chi connectivity index (χ0n) is 14.4. The van der Waals surface area contributed by atoms with Gasteiger partial charge in [0, 0.05) is 35.7 Å². The number of hydrogen-bond acceptors (Lipinski definition) is 6. The van der Waals surface area contributed by atoms with Crippen LogP contribution in [0.5, 0.6) is 0 Å². The molecule has 4 rings (SSSR count). The van der Waals surface area contributed by atoms with Gasteiger partial charge in [-0.3, -0.25) is 14.9 Å². The van der Waals surface area contributed by atoms with E-state index in [0.717, 1.165) is 49.0 Å². The predicted octanol–water partition coefficient (Wildman–Crippen LogP) is 3.09. The van der Waals surface area contributed by atoms with Crippen molar-refractivity contribution in [3.05, 3.63) is 46.6 Å². The standard InChI is InChI=1S/C18H22N6S/c1-13-7-22-18(23-13)17-10-20-15(8-21-17)6-14-2-4-24(5-3-14)11-16-9-19-12-25-16/h7-10,12,14H,2-6,11H2,1H3,(H,22,23). The number of aromatic nitrogens is 5. The van der Waals surface area contributed by atoms with E-state index in [1.807, 2.05) is 37.2 Å². The summed E-state index contributed by atoms with van der Waals surface area (Å²) in [6.45, 7) is 5.33. The molecule has 0 aromatic carbocycles. The van der Waals surface area contributed by atoms with Crippen molar-refractivity contribution in [1.82, 2.24) is 29.8 Å². The number of nitrogens with one attached hydrogen (secondary N) is 1. The van der Waals surface area contributed by atoms with Gasteiger partial charge in [0.25, 0.3) is 0 Å². The second-order valence-electron chi connectivity index (χ2n) is 6.70. The number of likely N-dealkylation sites (tertiary alicyclic amines) is 1. The third-order valence-electron chi connectivity index (χ3n) is 4.72. The first-order valence-electron chi connectivity index (χ1n) is 8.69. The third-order valence-corrected chi connectivity index (χ3v) is 5.48. The third kappa shape index (κ3) is 4.11. The molecule has 1 N–H and O–H groups in total. The molecule has 0 amide bonds. The number of imidazole rings is 1. The fourth-order valence-electron chi connectivity index (χ4n) is 3.31. The Labute approximate surface area is 151 Å². The minimum absolute atomic E-state index is 0.698. The van der Waals surface area contributed by atoms with Crippen LogP contribution < -0.4 is 0 Å². The zero-order valence-corrected chi connectivity index (χ0v) is 15.2. The fraction of sp³-hybridized carbons (Fsp3) is 0.444. The molecule has 130 valence electrons. The van der Waals surface area contributed by atoms with E-state index < -0.39 is 0 Å². The van der Waals surface area contributed by atoms with Gasteiger partial charge >= 0.3 is 0 Å². The summed E-state index contributed by atoms with van der Waals surface area (Å²) in [6.07, 6.45) is 11.0. The molecule has 0 aliphatic carbocycles. The quantitative estimate of drug-likeness (QED) is 0.762. The molecule has 1 fully saturated rings. The molecule has 0 unspecified atom stereocenters. The van der Waals surface area contributed by atoms with Crippen molar-refractivity contribution >= 4 is 11.3 Å². The Morgan fingerprint density at radius 1 is 1.12 bits per heavy atom. The number of H-pyrrole nitrogens is 1. The van der Waals surface area contributed by atoms with Gasteiger partial charge in [0.05, 0.1) is 17.4 Å². The lowest BCUT2D eigenvalue weighted by Gasteiger charge is -2.31. The molecular formula is C18H22N6S. The van der Waals surface area contributed by atoms with E-state index in [0.29, 0.717) is 5.92 Å². The summed E-state index contributed by atoms with van der Waals surface area (Å²) in [5.74, 6) is 1.48. The lowest BCUT2D eigenvalue weighted by Crippen LogP contribution is -2.33. The number of aromatic amines is 1. The zero-order chi connectivity index (χ0) is 17.1. The molecule has 3 aromatic heterocycles. The summed E-state index contributed by atoms with van der Waals surface area (Å²) < 4.78 is 0. The first-order valence-corrected chi connectivity index (χ1v) is 9.57. The van der Waals surface area contributed by atoms with Gasteiger partial charge in [-0.2, -0.15) is 0 Å². The van der Waals surface area contributed by atoms with Crippen molar-refractivity contribution in [3.63, 3.8) is 0 Å². The van der Waals surface area contributed by atoms with E-state index in [2.05, 4.69) is 29.8 Å². The minimum atomic E-state index is 0.698. The van der Waals surface area contributed by atoms with Gasteiger partial charge in [0.2, 0.25) is 0 Å². The van der Waals surface area contributed by atoms with E-state index in [1.165, 1.54) is 17.7 Å². The van der Waals surface area contributed by atoms with Crippen molar-refractivity contribution < 1.29 is 0 Å². The molecule has 25 heavy (non-hydrogen) atoms. The molecule has 0 bridgehead atoms. The van der Waals surface area contributed by atoms with Gasteiger partial charge in [-0.05, 0) is 45.2 Å². The highest BCUT2D eigenvalue weighted by Gasteiger charge is 2.20. The summed E-state index contributed by atoms with van der Waals surface area (Å²) in [6, 6.07) is 0.